The number of hydrogen-bond acceptors (Lipinski definition) is 3. The van der Waals surface area contributed by atoms with Gasteiger partial charge in [0.25, 0.3) is 10.1 Å². The molecule has 0 unspecified atom stereocenters. The molecule has 4 nitrogen and oxygen atoms in total. The van der Waals surface area contributed by atoms with Crippen LogP contribution < -0.4 is 5.32 Å². The van der Waals surface area contributed by atoms with Gasteiger partial charge in [0.05, 0.1) is 5.75 Å². The van der Waals surface area contributed by atoms with E-state index in [-0.39, 0.29) is 23.0 Å². The molecule has 2 N–H and O–H groups in total. The van der Waals surface area contributed by atoms with E-state index < -0.39 is 10.1 Å². The van der Waals surface area contributed by atoms with Crippen LogP contribution in [0.1, 0.15) is 32.8 Å². The molecule has 0 aliphatic rings. The molecule has 0 saturated carbocycles. The zero-order valence-corrected chi connectivity index (χ0v) is 14.7. The summed E-state index contributed by atoms with van der Waals surface area (Å²) in [5.41, 5.74) is 1.04. The highest BCUT2D eigenvalue weighted by molar-refractivity contribution is 7.85. The van der Waals surface area contributed by atoms with Crippen LogP contribution in [0.2, 0.25) is 0 Å². The lowest BCUT2D eigenvalue weighted by atomic mass is 9.94. The molecule has 6 heteroatoms. The predicted octanol–water partition coefficient (Wildman–Crippen LogP) is 3.21. The van der Waals surface area contributed by atoms with E-state index in [0.29, 0.717) is 19.4 Å². The van der Waals surface area contributed by atoms with Crippen LogP contribution >= 0.6 is 0 Å². The van der Waals surface area contributed by atoms with Gasteiger partial charge in [0, 0.05) is 6.04 Å². The number of allylic oxidation sites excluding steroid dienone is 1. The van der Waals surface area contributed by atoms with Crippen LogP contribution in [-0.4, -0.2) is 31.3 Å². The Morgan fingerprint density at radius 2 is 1.87 bits per heavy atom. The first kappa shape index (κ1) is 19.8. The average Bonchev–Trinajstić information content (AvgIpc) is 2.41. The minimum Gasteiger partial charge on any atom is -0.310 e. The molecule has 0 amide bonds. The largest absolute Gasteiger partial charge is 0.310 e. The van der Waals surface area contributed by atoms with Crippen molar-refractivity contribution in [1.82, 2.24) is 5.32 Å². The second-order valence-electron chi connectivity index (χ2n) is 6.76. The maximum Gasteiger partial charge on any atom is 0.264 e. The lowest BCUT2D eigenvalue weighted by molar-refractivity contribution is 0.478. The third-order valence-electron chi connectivity index (χ3n) is 3.18. The number of hydrogen-bond donors (Lipinski definition) is 2. The monoisotopic (exact) mass is 343 g/mol. The molecule has 0 aliphatic carbocycles. The van der Waals surface area contributed by atoms with Gasteiger partial charge in [0.15, 0.2) is 0 Å². The molecule has 0 saturated heterocycles. The van der Waals surface area contributed by atoms with E-state index in [1.807, 2.05) is 0 Å². The summed E-state index contributed by atoms with van der Waals surface area (Å²) >= 11 is 0. The Balaban J connectivity index is 2.65. The Morgan fingerprint density at radius 1 is 1.26 bits per heavy atom. The molecule has 1 aromatic rings. The molecule has 0 bridgehead atoms. The van der Waals surface area contributed by atoms with Crippen molar-refractivity contribution in [2.24, 2.45) is 5.41 Å². The van der Waals surface area contributed by atoms with Gasteiger partial charge in [0.2, 0.25) is 0 Å². The van der Waals surface area contributed by atoms with E-state index in [9.17, 15) is 12.8 Å². The average molecular weight is 343 g/mol. The molecule has 0 aliphatic heterocycles. The topological polar surface area (TPSA) is 66.4 Å². The zero-order valence-electron chi connectivity index (χ0n) is 13.9. The highest BCUT2D eigenvalue weighted by Crippen LogP contribution is 2.16. The summed E-state index contributed by atoms with van der Waals surface area (Å²) < 4.78 is 43.2. The molecule has 1 aromatic carbocycles. The number of benzene rings is 1. The van der Waals surface area contributed by atoms with E-state index >= 15 is 0 Å². The maximum absolute atomic E-state index is 13.0. The summed E-state index contributed by atoms with van der Waals surface area (Å²) in [6.07, 6.45) is 5.16. The van der Waals surface area contributed by atoms with Crippen molar-refractivity contribution in [1.29, 1.82) is 0 Å². The SMILES string of the molecule is CC(C)(C)/C=C/[C@H](Cc1ccc(F)cc1)NCCCS(=O)(=O)O. The van der Waals surface area contributed by atoms with E-state index in [4.69, 9.17) is 4.55 Å². The molecular formula is C17H26FNO3S. The first-order valence-electron chi connectivity index (χ1n) is 7.67. The van der Waals surface area contributed by atoms with Gasteiger partial charge in [-0.2, -0.15) is 8.42 Å². The molecule has 23 heavy (non-hydrogen) atoms. The standard InChI is InChI=1S/C17H26FNO3S/c1-17(2,3)10-9-16(19-11-4-12-23(20,21)22)13-14-5-7-15(18)8-6-14/h5-10,16,19H,4,11-13H2,1-3H3,(H,20,21,22)/b10-9+/t16-/m1/s1. The van der Waals surface area contributed by atoms with E-state index in [1.165, 1.54) is 12.1 Å². The Hall–Kier alpha value is -1.24. The third-order valence-corrected chi connectivity index (χ3v) is 3.99. The van der Waals surface area contributed by atoms with Crippen molar-refractivity contribution in [2.75, 3.05) is 12.3 Å². The summed E-state index contributed by atoms with van der Waals surface area (Å²) in [6, 6.07) is 6.36. The Labute approximate surface area is 138 Å². The number of halogens is 1. The van der Waals surface area contributed by atoms with Crippen molar-refractivity contribution < 1.29 is 17.4 Å². The molecule has 1 atom stereocenters. The minimum absolute atomic E-state index is 0.0149. The highest BCUT2D eigenvalue weighted by Gasteiger charge is 2.10. The van der Waals surface area contributed by atoms with Gasteiger partial charge in [-0.3, -0.25) is 4.55 Å². The van der Waals surface area contributed by atoms with Gasteiger partial charge in [-0.25, -0.2) is 4.39 Å². The Kier molecular flexibility index (Phi) is 7.38. The fourth-order valence-electron chi connectivity index (χ4n) is 2.03. The van der Waals surface area contributed by atoms with Crippen LogP contribution in [0.3, 0.4) is 0 Å². The lowest BCUT2D eigenvalue weighted by Crippen LogP contribution is -2.31. The summed E-state index contributed by atoms with van der Waals surface area (Å²) in [5, 5.41) is 3.27. The first-order chi connectivity index (χ1) is 10.6. The van der Waals surface area contributed by atoms with Crippen LogP contribution in [0.4, 0.5) is 4.39 Å². The van der Waals surface area contributed by atoms with Crippen LogP contribution in [0, 0.1) is 11.2 Å². The molecule has 130 valence electrons. The summed E-state index contributed by atoms with van der Waals surface area (Å²) in [5.74, 6) is -0.525. The van der Waals surface area contributed by atoms with Crippen molar-refractivity contribution >= 4 is 10.1 Å². The summed E-state index contributed by atoms with van der Waals surface area (Å²) in [7, 11) is -3.92. The maximum atomic E-state index is 13.0. The minimum atomic E-state index is -3.92. The zero-order chi connectivity index (χ0) is 17.5. The van der Waals surface area contributed by atoms with Crippen LogP contribution in [-0.2, 0) is 16.5 Å². The first-order valence-corrected chi connectivity index (χ1v) is 9.28. The van der Waals surface area contributed by atoms with E-state index in [2.05, 4.69) is 38.2 Å². The van der Waals surface area contributed by atoms with Gasteiger partial charge in [0.1, 0.15) is 5.82 Å². The molecule has 1 rings (SSSR count). The fraction of sp³-hybridized carbons (Fsp3) is 0.529. The van der Waals surface area contributed by atoms with Gasteiger partial charge in [-0.05, 0) is 42.5 Å². The van der Waals surface area contributed by atoms with Gasteiger partial charge >= 0.3 is 0 Å². The molecule has 0 spiro atoms. The molecule has 0 fully saturated rings. The summed E-state index contributed by atoms with van der Waals surface area (Å²) in [6.45, 7) is 6.75. The Bertz CT molecular complexity index is 604. The fourth-order valence-corrected chi connectivity index (χ4v) is 2.54. The molecule has 0 aromatic heterocycles. The molecule has 0 heterocycles. The highest BCUT2D eigenvalue weighted by atomic mass is 32.2. The predicted molar refractivity (Wildman–Crippen MR) is 91.5 cm³/mol. The van der Waals surface area contributed by atoms with Gasteiger partial charge in [-0.1, -0.05) is 45.1 Å². The van der Waals surface area contributed by atoms with Gasteiger partial charge < -0.3 is 5.32 Å². The Morgan fingerprint density at radius 3 is 2.39 bits per heavy atom. The normalized spacial score (nSPS) is 14.3. The number of rotatable bonds is 8. The van der Waals surface area contributed by atoms with E-state index in [1.54, 1.807) is 12.1 Å². The van der Waals surface area contributed by atoms with Crippen LogP contribution in [0.25, 0.3) is 0 Å². The smallest absolute Gasteiger partial charge is 0.264 e. The van der Waals surface area contributed by atoms with Crippen molar-refractivity contribution in [3.63, 3.8) is 0 Å². The number of nitrogens with one attached hydrogen (secondary N) is 1. The van der Waals surface area contributed by atoms with E-state index in [0.717, 1.165) is 5.56 Å². The van der Waals surface area contributed by atoms with Crippen LogP contribution in [0.5, 0.6) is 0 Å². The quantitative estimate of drug-likeness (QED) is 0.432. The summed E-state index contributed by atoms with van der Waals surface area (Å²) in [4.78, 5) is 0. The second kappa shape index (κ2) is 8.57. The van der Waals surface area contributed by atoms with Crippen LogP contribution in [0.15, 0.2) is 36.4 Å². The molecular weight excluding hydrogens is 317 g/mol. The lowest BCUT2D eigenvalue weighted by Gasteiger charge is -2.18. The van der Waals surface area contributed by atoms with Crippen molar-refractivity contribution in [3.05, 3.63) is 47.8 Å². The van der Waals surface area contributed by atoms with Crippen molar-refractivity contribution in [3.8, 4) is 0 Å². The third kappa shape index (κ3) is 10.2. The van der Waals surface area contributed by atoms with Gasteiger partial charge in [-0.15, -0.1) is 0 Å². The van der Waals surface area contributed by atoms with Crippen molar-refractivity contribution in [2.45, 2.75) is 39.7 Å². The second-order valence-corrected chi connectivity index (χ2v) is 8.33. The molecule has 0 radical (unpaired) electrons.